The predicted octanol–water partition coefficient (Wildman–Crippen LogP) is 0.126. The topological polar surface area (TPSA) is 93.8 Å². The summed E-state index contributed by atoms with van der Waals surface area (Å²) in [4.78, 5) is 28.9. The normalized spacial score (nSPS) is 10.6. The molecule has 0 aromatic carbocycles. The monoisotopic (exact) mass is 252 g/mol. The van der Waals surface area contributed by atoms with Crippen LogP contribution in [0.3, 0.4) is 0 Å². The first kappa shape index (κ1) is 11.6. The van der Waals surface area contributed by atoms with Gasteiger partial charge in [-0.2, -0.15) is 0 Å². The fraction of sp³-hybridized carbons (Fsp3) is 0.300. The molecule has 7 heteroatoms. The Morgan fingerprint density at radius 3 is 2.88 bits per heavy atom. The van der Waals surface area contributed by atoms with E-state index >= 15 is 0 Å². The van der Waals surface area contributed by atoms with Crippen molar-refractivity contribution in [2.24, 2.45) is 0 Å². The van der Waals surface area contributed by atoms with Gasteiger partial charge in [0.25, 0.3) is 5.56 Å². The number of H-pyrrole nitrogens is 1. The first-order valence-corrected chi connectivity index (χ1v) is 5.95. The van der Waals surface area contributed by atoms with Gasteiger partial charge in [0.2, 0.25) is 0 Å². The third kappa shape index (κ3) is 2.62. The van der Waals surface area contributed by atoms with Crippen molar-refractivity contribution in [2.75, 3.05) is 5.73 Å². The van der Waals surface area contributed by atoms with Crippen LogP contribution in [0.5, 0.6) is 0 Å². The van der Waals surface area contributed by atoms with E-state index in [1.807, 2.05) is 12.3 Å². The molecule has 2 aromatic heterocycles. The third-order valence-electron chi connectivity index (χ3n) is 2.28. The van der Waals surface area contributed by atoms with Crippen LogP contribution in [0, 0.1) is 6.92 Å². The number of aromatic amines is 1. The van der Waals surface area contributed by atoms with Gasteiger partial charge in [-0.05, 0) is 6.92 Å². The van der Waals surface area contributed by atoms with Gasteiger partial charge < -0.3 is 5.73 Å². The van der Waals surface area contributed by atoms with Gasteiger partial charge in [0.15, 0.2) is 0 Å². The number of nitrogen functional groups attached to an aromatic ring is 1. The largest absolute Gasteiger partial charge is 0.385 e. The molecular formula is C10H12N4O2S. The van der Waals surface area contributed by atoms with Crippen LogP contribution in [0.4, 0.5) is 5.82 Å². The zero-order chi connectivity index (χ0) is 12.4. The summed E-state index contributed by atoms with van der Waals surface area (Å²) in [5, 5.41) is 2.90. The van der Waals surface area contributed by atoms with Crippen LogP contribution in [-0.2, 0) is 13.0 Å². The van der Waals surface area contributed by atoms with Crippen molar-refractivity contribution in [1.82, 2.24) is 14.5 Å². The van der Waals surface area contributed by atoms with Crippen molar-refractivity contribution in [3.05, 3.63) is 43.0 Å². The lowest BCUT2D eigenvalue weighted by Crippen LogP contribution is -2.31. The number of rotatable bonds is 3. The summed E-state index contributed by atoms with van der Waals surface area (Å²) >= 11 is 1.54. The molecule has 2 rings (SSSR count). The molecule has 0 aliphatic rings. The molecule has 0 amide bonds. The Balaban J connectivity index is 2.20. The number of hydrogen-bond acceptors (Lipinski definition) is 5. The second kappa shape index (κ2) is 4.54. The smallest absolute Gasteiger partial charge is 0.329 e. The average molecular weight is 252 g/mol. The molecule has 2 aromatic rings. The van der Waals surface area contributed by atoms with Crippen LogP contribution < -0.4 is 17.0 Å². The second-order valence-electron chi connectivity index (χ2n) is 3.65. The molecule has 0 bridgehead atoms. The number of thiazole rings is 1. The molecule has 0 saturated carbocycles. The molecule has 2 heterocycles. The van der Waals surface area contributed by atoms with Gasteiger partial charge in [0.05, 0.1) is 5.01 Å². The lowest BCUT2D eigenvalue weighted by atomic mass is 10.4. The van der Waals surface area contributed by atoms with E-state index in [0.29, 0.717) is 13.0 Å². The molecule has 0 aliphatic heterocycles. The SMILES string of the molecule is Cc1csc(CCn2c(N)cc(=O)[nH]c2=O)n1. The number of aromatic nitrogens is 3. The Bertz CT molecular complexity index is 640. The van der Waals surface area contributed by atoms with Crippen molar-refractivity contribution in [3.8, 4) is 0 Å². The third-order valence-corrected chi connectivity index (χ3v) is 3.31. The van der Waals surface area contributed by atoms with Gasteiger partial charge in [-0.3, -0.25) is 14.3 Å². The highest BCUT2D eigenvalue weighted by Gasteiger charge is 2.04. The molecule has 0 radical (unpaired) electrons. The van der Waals surface area contributed by atoms with Crippen LogP contribution in [0.15, 0.2) is 21.0 Å². The first-order chi connectivity index (χ1) is 8.06. The lowest BCUT2D eigenvalue weighted by Gasteiger charge is -2.06. The standard InChI is InChI=1S/C10H12N4O2S/c1-6-5-17-9(12-6)2-3-14-7(11)4-8(15)13-10(14)16/h4-5H,2-3,11H2,1H3,(H,13,15,16). The van der Waals surface area contributed by atoms with Gasteiger partial charge in [-0.25, -0.2) is 9.78 Å². The van der Waals surface area contributed by atoms with Crippen molar-refractivity contribution in [3.63, 3.8) is 0 Å². The van der Waals surface area contributed by atoms with Crippen molar-refractivity contribution in [2.45, 2.75) is 19.9 Å². The van der Waals surface area contributed by atoms with Gasteiger partial charge >= 0.3 is 5.69 Å². The lowest BCUT2D eigenvalue weighted by molar-refractivity contribution is 0.653. The van der Waals surface area contributed by atoms with Crippen LogP contribution >= 0.6 is 11.3 Å². The number of hydrogen-bond donors (Lipinski definition) is 2. The molecule has 0 aliphatic carbocycles. The minimum Gasteiger partial charge on any atom is -0.385 e. The minimum absolute atomic E-state index is 0.173. The summed E-state index contributed by atoms with van der Waals surface area (Å²) in [7, 11) is 0. The Hall–Kier alpha value is -1.89. The van der Waals surface area contributed by atoms with Gasteiger partial charge in [-0.1, -0.05) is 0 Å². The number of aryl methyl sites for hydroxylation is 2. The summed E-state index contributed by atoms with van der Waals surface area (Å²) in [6.07, 6.45) is 0.620. The molecule has 0 unspecified atom stereocenters. The Morgan fingerprint density at radius 2 is 2.29 bits per heavy atom. The molecule has 0 saturated heterocycles. The molecule has 3 N–H and O–H groups in total. The summed E-state index contributed by atoms with van der Waals surface area (Å²) in [5.74, 6) is 0.173. The summed E-state index contributed by atoms with van der Waals surface area (Å²) in [6.45, 7) is 2.33. The van der Waals surface area contributed by atoms with Crippen molar-refractivity contribution in [1.29, 1.82) is 0 Å². The summed E-state index contributed by atoms with van der Waals surface area (Å²) in [6, 6.07) is 1.20. The molecule has 17 heavy (non-hydrogen) atoms. The van der Waals surface area contributed by atoms with Gasteiger partial charge in [0, 0.05) is 30.1 Å². The van der Waals surface area contributed by atoms with Crippen LogP contribution in [0.1, 0.15) is 10.7 Å². The average Bonchev–Trinajstić information content (AvgIpc) is 2.62. The van der Waals surface area contributed by atoms with E-state index in [1.54, 1.807) is 11.3 Å². The van der Waals surface area contributed by atoms with Crippen molar-refractivity contribution >= 4 is 17.2 Å². The highest BCUT2D eigenvalue weighted by molar-refractivity contribution is 7.09. The van der Waals surface area contributed by atoms with E-state index < -0.39 is 11.2 Å². The molecule has 0 spiro atoms. The zero-order valence-electron chi connectivity index (χ0n) is 9.27. The van der Waals surface area contributed by atoms with Crippen LogP contribution in [0.2, 0.25) is 0 Å². The summed E-state index contributed by atoms with van der Waals surface area (Å²) in [5.41, 5.74) is 5.62. The van der Waals surface area contributed by atoms with Crippen LogP contribution in [-0.4, -0.2) is 14.5 Å². The Labute approximate surface area is 101 Å². The Morgan fingerprint density at radius 1 is 1.53 bits per heavy atom. The number of nitrogens with zero attached hydrogens (tertiary/aromatic N) is 2. The fourth-order valence-corrected chi connectivity index (χ4v) is 2.26. The van der Waals surface area contributed by atoms with E-state index in [0.717, 1.165) is 10.7 Å². The van der Waals surface area contributed by atoms with E-state index in [-0.39, 0.29) is 5.82 Å². The van der Waals surface area contributed by atoms with E-state index in [2.05, 4.69) is 9.97 Å². The molecular weight excluding hydrogens is 240 g/mol. The van der Waals surface area contributed by atoms with Gasteiger partial charge in [0.1, 0.15) is 5.82 Å². The Kier molecular flexibility index (Phi) is 3.10. The quantitative estimate of drug-likeness (QED) is 0.811. The number of anilines is 1. The highest BCUT2D eigenvalue weighted by Crippen LogP contribution is 2.10. The fourth-order valence-electron chi connectivity index (χ4n) is 1.49. The molecule has 6 nitrogen and oxygen atoms in total. The van der Waals surface area contributed by atoms with Gasteiger partial charge in [-0.15, -0.1) is 11.3 Å². The zero-order valence-corrected chi connectivity index (χ0v) is 10.1. The maximum Gasteiger partial charge on any atom is 0.329 e. The molecule has 0 fully saturated rings. The summed E-state index contributed by atoms with van der Waals surface area (Å²) < 4.78 is 1.33. The van der Waals surface area contributed by atoms with E-state index in [9.17, 15) is 9.59 Å². The highest BCUT2D eigenvalue weighted by atomic mass is 32.1. The van der Waals surface area contributed by atoms with E-state index in [4.69, 9.17) is 5.73 Å². The predicted molar refractivity (Wildman–Crippen MR) is 66.3 cm³/mol. The number of nitrogens with one attached hydrogen (secondary N) is 1. The van der Waals surface area contributed by atoms with Crippen molar-refractivity contribution < 1.29 is 0 Å². The number of nitrogens with two attached hydrogens (primary N) is 1. The molecule has 0 atom stereocenters. The first-order valence-electron chi connectivity index (χ1n) is 5.07. The second-order valence-corrected chi connectivity index (χ2v) is 4.59. The molecule has 90 valence electrons. The minimum atomic E-state index is -0.483. The van der Waals surface area contributed by atoms with E-state index in [1.165, 1.54) is 10.6 Å². The van der Waals surface area contributed by atoms with Crippen LogP contribution in [0.25, 0.3) is 0 Å². The maximum atomic E-state index is 11.5. The maximum absolute atomic E-state index is 11.5.